The molecule has 0 saturated carbocycles. The summed E-state index contributed by atoms with van der Waals surface area (Å²) in [6, 6.07) is 7.67. The zero-order chi connectivity index (χ0) is 16.9. The van der Waals surface area contributed by atoms with Gasteiger partial charge < -0.3 is 14.4 Å². The SMILES string of the molecule is COc1cncc(OC2CCCN(C(=O)c3cccc(C)c3)C2)n1. The molecule has 0 N–H and O–H groups in total. The van der Waals surface area contributed by atoms with Crippen molar-refractivity contribution in [3.05, 3.63) is 47.8 Å². The first kappa shape index (κ1) is 16.2. The number of benzene rings is 1. The van der Waals surface area contributed by atoms with Crippen LogP contribution in [0.25, 0.3) is 0 Å². The number of aromatic nitrogens is 2. The Morgan fingerprint density at radius 3 is 2.92 bits per heavy atom. The summed E-state index contributed by atoms with van der Waals surface area (Å²) in [6.07, 6.45) is 4.79. The fraction of sp³-hybridized carbons (Fsp3) is 0.389. The summed E-state index contributed by atoms with van der Waals surface area (Å²) in [5, 5.41) is 0. The molecule has 0 aliphatic carbocycles. The van der Waals surface area contributed by atoms with Crippen LogP contribution in [0.3, 0.4) is 0 Å². The molecule has 3 rings (SSSR count). The molecule has 0 radical (unpaired) electrons. The summed E-state index contributed by atoms with van der Waals surface area (Å²) >= 11 is 0. The van der Waals surface area contributed by atoms with E-state index >= 15 is 0 Å². The van der Waals surface area contributed by atoms with Crippen LogP contribution < -0.4 is 9.47 Å². The largest absolute Gasteiger partial charge is 0.480 e. The van der Waals surface area contributed by atoms with Gasteiger partial charge in [-0.25, -0.2) is 0 Å². The van der Waals surface area contributed by atoms with Crippen LogP contribution in [0.1, 0.15) is 28.8 Å². The average Bonchev–Trinajstić information content (AvgIpc) is 2.61. The third-order valence-electron chi connectivity index (χ3n) is 4.02. The summed E-state index contributed by atoms with van der Waals surface area (Å²) in [4.78, 5) is 22.8. The maximum atomic E-state index is 12.7. The van der Waals surface area contributed by atoms with E-state index in [0.29, 0.717) is 18.3 Å². The Hall–Kier alpha value is -2.63. The van der Waals surface area contributed by atoms with Crippen LogP contribution in [0.5, 0.6) is 11.8 Å². The summed E-state index contributed by atoms with van der Waals surface area (Å²) in [7, 11) is 1.54. The minimum atomic E-state index is -0.0890. The number of rotatable bonds is 4. The molecule has 1 aliphatic rings. The van der Waals surface area contributed by atoms with Crippen molar-refractivity contribution in [2.45, 2.75) is 25.9 Å². The monoisotopic (exact) mass is 327 g/mol. The molecule has 6 nitrogen and oxygen atoms in total. The van der Waals surface area contributed by atoms with Crippen molar-refractivity contribution in [3.8, 4) is 11.8 Å². The normalized spacial score (nSPS) is 17.4. The van der Waals surface area contributed by atoms with Crippen molar-refractivity contribution in [2.75, 3.05) is 20.2 Å². The fourth-order valence-corrected chi connectivity index (χ4v) is 2.84. The molecule has 0 spiro atoms. The number of carbonyl (C=O) groups is 1. The Morgan fingerprint density at radius 2 is 2.12 bits per heavy atom. The van der Waals surface area contributed by atoms with E-state index in [1.165, 1.54) is 13.3 Å². The maximum absolute atomic E-state index is 12.7. The van der Waals surface area contributed by atoms with Gasteiger partial charge in [-0.3, -0.25) is 9.78 Å². The molecule has 1 aromatic heterocycles. The van der Waals surface area contributed by atoms with Crippen molar-refractivity contribution in [2.24, 2.45) is 0 Å². The lowest BCUT2D eigenvalue weighted by molar-refractivity contribution is 0.0525. The van der Waals surface area contributed by atoms with E-state index in [1.807, 2.05) is 36.1 Å². The Bertz CT molecular complexity index is 720. The van der Waals surface area contributed by atoms with Crippen molar-refractivity contribution in [1.82, 2.24) is 14.9 Å². The Balaban J connectivity index is 1.66. The second kappa shape index (κ2) is 7.29. The van der Waals surface area contributed by atoms with Gasteiger partial charge in [0.15, 0.2) is 0 Å². The van der Waals surface area contributed by atoms with Gasteiger partial charge in [-0.05, 0) is 31.9 Å². The number of ether oxygens (including phenoxy) is 2. The first-order valence-corrected chi connectivity index (χ1v) is 8.04. The Morgan fingerprint density at radius 1 is 1.29 bits per heavy atom. The second-order valence-electron chi connectivity index (χ2n) is 5.90. The number of amides is 1. The molecule has 24 heavy (non-hydrogen) atoms. The van der Waals surface area contributed by atoms with Gasteiger partial charge >= 0.3 is 0 Å². The lowest BCUT2D eigenvalue weighted by Gasteiger charge is -2.32. The van der Waals surface area contributed by atoms with Gasteiger partial charge in [0, 0.05) is 12.1 Å². The molecule has 2 heterocycles. The van der Waals surface area contributed by atoms with E-state index in [0.717, 1.165) is 30.5 Å². The number of methoxy groups -OCH3 is 1. The zero-order valence-corrected chi connectivity index (χ0v) is 13.9. The summed E-state index contributed by atoms with van der Waals surface area (Å²) in [5.74, 6) is 0.879. The highest BCUT2D eigenvalue weighted by atomic mass is 16.5. The molecule has 1 aliphatic heterocycles. The van der Waals surface area contributed by atoms with Crippen LogP contribution in [-0.2, 0) is 0 Å². The van der Waals surface area contributed by atoms with Gasteiger partial charge in [0.2, 0.25) is 11.8 Å². The second-order valence-corrected chi connectivity index (χ2v) is 5.90. The lowest BCUT2D eigenvalue weighted by atomic mass is 10.1. The first-order chi connectivity index (χ1) is 11.7. The fourth-order valence-electron chi connectivity index (χ4n) is 2.84. The lowest BCUT2D eigenvalue weighted by Crippen LogP contribution is -2.44. The highest BCUT2D eigenvalue weighted by molar-refractivity contribution is 5.94. The number of piperidine rings is 1. The minimum absolute atomic E-state index is 0.0451. The summed E-state index contributed by atoms with van der Waals surface area (Å²) in [5.41, 5.74) is 1.80. The number of hydrogen-bond donors (Lipinski definition) is 0. The Labute approximate surface area is 141 Å². The molecule has 1 saturated heterocycles. The van der Waals surface area contributed by atoms with E-state index in [-0.39, 0.29) is 12.0 Å². The molecule has 1 aromatic carbocycles. The summed E-state index contributed by atoms with van der Waals surface area (Å²) < 4.78 is 10.9. The minimum Gasteiger partial charge on any atom is -0.480 e. The third kappa shape index (κ3) is 3.82. The van der Waals surface area contributed by atoms with Gasteiger partial charge in [-0.15, -0.1) is 0 Å². The van der Waals surface area contributed by atoms with Crippen LogP contribution in [0, 0.1) is 6.92 Å². The predicted octanol–water partition coefficient (Wildman–Crippen LogP) is 2.48. The molecule has 0 bridgehead atoms. The van der Waals surface area contributed by atoms with Crippen molar-refractivity contribution in [3.63, 3.8) is 0 Å². The third-order valence-corrected chi connectivity index (χ3v) is 4.02. The molecule has 1 fully saturated rings. The van der Waals surface area contributed by atoms with Crippen molar-refractivity contribution >= 4 is 5.91 Å². The highest BCUT2D eigenvalue weighted by Crippen LogP contribution is 2.19. The average molecular weight is 327 g/mol. The molecule has 1 amide bonds. The zero-order valence-electron chi connectivity index (χ0n) is 13.9. The van der Waals surface area contributed by atoms with Crippen LogP contribution in [0.4, 0.5) is 0 Å². The summed E-state index contributed by atoms with van der Waals surface area (Å²) in [6.45, 7) is 3.28. The van der Waals surface area contributed by atoms with Crippen molar-refractivity contribution < 1.29 is 14.3 Å². The quantitative estimate of drug-likeness (QED) is 0.863. The smallest absolute Gasteiger partial charge is 0.253 e. The van der Waals surface area contributed by atoms with Crippen LogP contribution in [-0.4, -0.2) is 47.1 Å². The molecular formula is C18H21N3O3. The number of carbonyl (C=O) groups excluding carboxylic acids is 1. The molecule has 1 atom stereocenters. The van der Waals surface area contributed by atoms with E-state index in [4.69, 9.17) is 9.47 Å². The Kier molecular flexibility index (Phi) is 4.93. The molecule has 2 aromatic rings. The van der Waals surface area contributed by atoms with Gasteiger partial charge in [0.1, 0.15) is 6.10 Å². The highest BCUT2D eigenvalue weighted by Gasteiger charge is 2.26. The van der Waals surface area contributed by atoms with E-state index in [9.17, 15) is 4.79 Å². The van der Waals surface area contributed by atoms with E-state index in [1.54, 1.807) is 6.20 Å². The standard InChI is InChI=1S/C18H21N3O3/c1-13-5-3-6-14(9-13)18(22)21-8-4-7-15(12-21)24-17-11-19-10-16(20-17)23-2/h3,5-6,9-11,15H,4,7-8,12H2,1-2H3. The topological polar surface area (TPSA) is 64.6 Å². The van der Waals surface area contributed by atoms with Gasteiger partial charge in [0.25, 0.3) is 5.91 Å². The van der Waals surface area contributed by atoms with Crippen LogP contribution in [0.2, 0.25) is 0 Å². The molecule has 126 valence electrons. The number of nitrogens with zero attached hydrogens (tertiary/aromatic N) is 3. The molecule has 1 unspecified atom stereocenters. The van der Waals surface area contributed by atoms with Crippen LogP contribution >= 0.6 is 0 Å². The molecule has 6 heteroatoms. The maximum Gasteiger partial charge on any atom is 0.253 e. The van der Waals surface area contributed by atoms with Gasteiger partial charge in [-0.1, -0.05) is 17.7 Å². The van der Waals surface area contributed by atoms with Crippen LogP contribution in [0.15, 0.2) is 36.7 Å². The van der Waals surface area contributed by atoms with Crippen molar-refractivity contribution in [1.29, 1.82) is 0 Å². The first-order valence-electron chi connectivity index (χ1n) is 8.04. The number of hydrogen-bond acceptors (Lipinski definition) is 5. The van der Waals surface area contributed by atoms with Gasteiger partial charge in [-0.2, -0.15) is 4.98 Å². The van der Waals surface area contributed by atoms with E-state index < -0.39 is 0 Å². The predicted molar refractivity (Wildman–Crippen MR) is 89.3 cm³/mol. The van der Waals surface area contributed by atoms with Gasteiger partial charge in [0.05, 0.1) is 26.0 Å². The molecular weight excluding hydrogens is 306 g/mol. The number of aryl methyl sites for hydroxylation is 1. The number of likely N-dealkylation sites (tertiary alicyclic amines) is 1. The van der Waals surface area contributed by atoms with E-state index in [2.05, 4.69) is 9.97 Å².